The smallest absolute Gasteiger partial charge is 0.340 e. The minimum Gasteiger partial charge on any atom is -0.465 e. The Kier molecular flexibility index (Phi) is 3.75. The van der Waals surface area contributed by atoms with Gasteiger partial charge in [-0.3, -0.25) is 0 Å². The van der Waals surface area contributed by atoms with E-state index in [1.165, 1.54) is 26.4 Å². The van der Waals surface area contributed by atoms with E-state index in [-0.39, 0.29) is 0 Å². The first-order valence-electron chi connectivity index (χ1n) is 6.40. The maximum Gasteiger partial charge on any atom is 0.340 e. The molecule has 2 atom stereocenters. The van der Waals surface area contributed by atoms with Gasteiger partial charge in [-0.1, -0.05) is 13.3 Å². The van der Waals surface area contributed by atoms with E-state index in [1.807, 2.05) is 6.07 Å². The number of benzene rings is 1. The third-order valence-corrected chi connectivity index (χ3v) is 3.39. The number of nitrogens with two attached hydrogens (primary N) is 1. The second-order valence-corrected chi connectivity index (χ2v) is 4.83. The number of hydrogen-bond acceptors (Lipinski definition) is 4. The van der Waals surface area contributed by atoms with E-state index in [2.05, 4.69) is 12.2 Å². The summed E-state index contributed by atoms with van der Waals surface area (Å²) in [5.41, 5.74) is 7.58. The number of hydrogen-bond donors (Lipinski definition) is 2. The highest BCUT2D eigenvalue weighted by Crippen LogP contribution is 2.37. The number of ether oxygens (including phenoxy) is 1. The molecule has 1 fully saturated rings. The van der Waals surface area contributed by atoms with Gasteiger partial charge in [-0.15, -0.1) is 0 Å². The van der Waals surface area contributed by atoms with Crippen molar-refractivity contribution in [1.29, 1.82) is 0 Å². The molecular formula is C14H20N2O2. The molecule has 1 aromatic carbocycles. The molecule has 1 aliphatic rings. The standard InChI is InChI=1S/C14H20N2O2/c1-3-4-9-7-13(9)16-10-5-6-12(15)11(8-10)14(17)18-2/h5-6,8-9,13,16H,3-4,7,15H2,1-2H3. The predicted octanol–water partition coefficient (Wildman–Crippen LogP) is 2.66. The molecule has 4 heteroatoms. The van der Waals surface area contributed by atoms with Crippen LogP contribution in [0.1, 0.15) is 36.5 Å². The summed E-state index contributed by atoms with van der Waals surface area (Å²) in [6.45, 7) is 2.20. The molecule has 1 aromatic rings. The van der Waals surface area contributed by atoms with Crippen LogP contribution in [0.25, 0.3) is 0 Å². The van der Waals surface area contributed by atoms with Gasteiger partial charge in [0.15, 0.2) is 0 Å². The molecule has 0 aliphatic heterocycles. The van der Waals surface area contributed by atoms with Crippen LogP contribution in [0.2, 0.25) is 0 Å². The van der Waals surface area contributed by atoms with Crippen molar-refractivity contribution in [2.45, 2.75) is 32.2 Å². The molecule has 4 nitrogen and oxygen atoms in total. The Morgan fingerprint density at radius 3 is 3.00 bits per heavy atom. The molecule has 0 radical (unpaired) electrons. The van der Waals surface area contributed by atoms with Gasteiger partial charge in [-0.25, -0.2) is 4.79 Å². The zero-order valence-corrected chi connectivity index (χ0v) is 10.9. The van der Waals surface area contributed by atoms with Crippen molar-refractivity contribution < 1.29 is 9.53 Å². The normalized spacial score (nSPS) is 21.4. The molecule has 98 valence electrons. The molecule has 0 saturated heterocycles. The molecule has 0 aromatic heterocycles. The minimum atomic E-state index is -0.392. The second kappa shape index (κ2) is 5.29. The molecule has 3 N–H and O–H groups in total. The number of nitrogens with one attached hydrogen (secondary N) is 1. The highest BCUT2D eigenvalue weighted by molar-refractivity contribution is 5.96. The monoisotopic (exact) mass is 248 g/mol. The Hall–Kier alpha value is -1.71. The van der Waals surface area contributed by atoms with Crippen molar-refractivity contribution in [3.05, 3.63) is 23.8 Å². The molecule has 0 heterocycles. The van der Waals surface area contributed by atoms with Crippen LogP contribution >= 0.6 is 0 Å². The summed E-state index contributed by atoms with van der Waals surface area (Å²) in [7, 11) is 1.36. The lowest BCUT2D eigenvalue weighted by Crippen LogP contribution is -2.09. The van der Waals surface area contributed by atoms with E-state index in [9.17, 15) is 4.79 Å². The molecule has 1 saturated carbocycles. The highest BCUT2D eigenvalue weighted by Gasteiger charge is 2.35. The number of rotatable bonds is 5. The average molecular weight is 248 g/mol. The number of esters is 1. The Morgan fingerprint density at radius 2 is 2.33 bits per heavy atom. The average Bonchev–Trinajstić information content (AvgIpc) is 3.09. The van der Waals surface area contributed by atoms with Gasteiger partial charge in [0.05, 0.1) is 12.7 Å². The molecule has 2 rings (SSSR count). The lowest BCUT2D eigenvalue weighted by Gasteiger charge is -2.09. The molecular weight excluding hydrogens is 228 g/mol. The lowest BCUT2D eigenvalue weighted by atomic mass is 10.1. The van der Waals surface area contributed by atoms with Crippen LogP contribution in [-0.4, -0.2) is 19.1 Å². The largest absolute Gasteiger partial charge is 0.465 e. The fraction of sp³-hybridized carbons (Fsp3) is 0.500. The Morgan fingerprint density at radius 1 is 1.56 bits per heavy atom. The van der Waals surface area contributed by atoms with Gasteiger partial charge in [0.25, 0.3) is 0 Å². The first-order valence-corrected chi connectivity index (χ1v) is 6.40. The third-order valence-electron chi connectivity index (χ3n) is 3.39. The number of carbonyl (C=O) groups is 1. The summed E-state index contributed by atoms with van der Waals surface area (Å²) in [4.78, 5) is 11.5. The Labute approximate surface area is 108 Å². The summed E-state index contributed by atoms with van der Waals surface area (Å²) in [6.07, 6.45) is 3.69. The fourth-order valence-electron chi connectivity index (χ4n) is 2.26. The fourth-order valence-corrected chi connectivity index (χ4v) is 2.26. The maximum atomic E-state index is 11.5. The molecule has 18 heavy (non-hydrogen) atoms. The van der Waals surface area contributed by atoms with E-state index >= 15 is 0 Å². The van der Waals surface area contributed by atoms with Crippen molar-refractivity contribution in [2.24, 2.45) is 5.92 Å². The van der Waals surface area contributed by atoms with Gasteiger partial charge in [0.1, 0.15) is 0 Å². The third kappa shape index (κ3) is 2.75. The summed E-state index contributed by atoms with van der Waals surface area (Å²) in [6, 6.07) is 5.95. The van der Waals surface area contributed by atoms with Crippen molar-refractivity contribution in [1.82, 2.24) is 0 Å². The minimum absolute atomic E-state index is 0.392. The van der Waals surface area contributed by atoms with Crippen LogP contribution in [0.4, 0.5) is 11.4 Å². The summed E-state index contributed by atoms with van der Waals surface area (Å²) < 4.78 is 4.71. The van der Waals surface area contributed by atoms with Crippen LogP contribution in [0.5, 0.6) is 0 Å². The second-order valence-electron chi connectivity index (χ2n) is 4.83. The zero-order valence-electron chi connectivity index (χ0n) is 10.9. The Bertz CT molecular complexity index is 445. The molecule has 0 spiro atoms. The highest BCUT2D eigenvalue weighted by atomic mass is 16.5. The van der Waals surface area contributed by atoms with Gasteiger partial charge in [-0.2, -0.15) is 0 Å². The quantitative estimate of drug-likeness (QED) is 0.621. The van der Waals surface area contributed by atoms with Gasteiger partial charge in [-0.05, 0) is 37.0 Å². The summed E-state index contributed by atoms with van der Waals surface area (Å²) in [5.74, 6) is 0.381. The summed E-state index contributed by atoms with van der Waals surface area (Å²) >= 11 is 0. The molecule has 1 aliphatic carbocycles. The Balaban J connectivity index is 2.04. The predicted molar refractivity (Wildman–Crippen MR) is 72.6 cm³/mol. The maximum absolute atomic E-state index is 11.5. The zero-order chi connectivity index (χ0) is 13.1. The summed E-state index contributed by atoms with van der Waals surface area (Å²) in [5, 5.41) is 3.43. The number of nitrogen functional groups attached to an aromatic ring is 1. The molecule has 0 amide bonds. The van der Waals surface area contributed by atoms with Gasteiger partial charge in [0, 0.05) is 17.4 Å². The van der Waals surface area contributed by atoms with Crippen LogP contribution in [-0.2, 0) is 4.74 Å². The van der Waals surface area contributed by atoms with Crippen molar-refractivity contribution in [3.63, 3.8) is 0 Å². The van der Waals surface area contributed by atoms with Crippen LogP contribution in [0.3, 0.4) is 0 Å². The van der Waals surface area contributed by atoms with E-state index < -0.39 is 5.97 Å². The van der Waals surface area contributed by atoms with Crippen LogP contribution in [0.15, 0.2) is 18.2 Å². The number of anilines is 2. The van der Waals surface area contributed by atoms with E-state index in [0.717, 1.165) is 11.6 Å². The SMILES string of the molecule is CCCC1CC1Nc1ccc(N)c(C(=O)OC)c1. The van der Waals surface area contributed by atoms with Gasteiger partial charge in [0.2, 0.25) is 0 Å². The van der Waals surface area contributed by atoms with Crippen molar-refractivity contribution in [3.8, 4) is 0 Å². The van der Waals surface area contributed by atoms with Crippen LogP contribution in [0, 0.1) is 5.92 Å². The molecule has 2 unspecified atom stereocenters. The number of methoxy groups -OCH3 is 1. The van der Waals surface area contributed by atoms with Crippen molar-refractivity contribution in [2.75, 3.05) is 18.2 Å². The lowest BCUT2D eigenvalue weighted by molar-refractivity contribution is 0.0602. The van der Waals surface area contributed by atoms with Gasteiger partial charge < -0.3 is 15.8 Å². The number of carbonyl (C=O) groups excluding carboxylic acids is 1. The first-order chi connectivity index (χ1) is 8.65. The van der Waals surface area contributed by atoms with Crippen LogP contribution < -0.4 is 11.1 Å². The topological polar surface area (TPSA) is 64.3 Å². The first kappa shape index (κ1) is 12.7. The van der Waals surface area contributed by atoms with E-state index in [0.29, 0.717) is 17.3 Å². The van der Waals surface area contributed by atoms with Gasteiger partial charge >= 0.3 is 5.97 Å². The van der Waals surface area contributed by atoms with E-state index in [1.54, 1.807) is 12.1 Å². The van der Waals surface area contributed by atoms with Crippen molar-refractivity contribution >= 4 is 17.3 Å². The van der Waals surface area contributed by atoms with E-state index in [4.69, 9.17) is 10.5 Å². The molecule has 0 bridgehead atoms.